The van der Waals surface area contributed by atoms with Gasteiger partial charge in [-0.25, -0.2) is 0 Å². The summed E-state index contributed by atoms with van der Waals surface area (Å²) < 4.78 is 6.15. The number of aryl methyl sites for hydroxylation is 2. The van der Waals surface area contributed by atoms with Gasteiger partial charge >= 0.3 is 0 Å². The van der Waals surface area contributed by atoms with Crippen LogP contribution < -0.4 is 5.43 Å². The summed E-state index contributed by atoms with van der Waals surface area (Å²) in [6.07, 6.45) is 0. The van der Waals surface area contributed by atoms with E-state index in [-0.39, 0.29) is 23.6 Å². The summed E-state index contributed by atoms with van der Waals surface area (Å²) in [5, 5.41) is 1.11. The molecule has 0 saturated heterocycles. The van der Waals surface area contributed by atoms with E-state index in [4.69, 9.17) is 16.0 Å². The lowest BCUT2D eigenvalue weighted by Crippen LogP contribution is -2.29. The van der Waals surface area contributed by atoms with Crippen LogP contribution in [-0.4, -0.2) is 10.8 Å². The highest BCUT2D eigenvalue weighted by Crippen LogP contribution is 2.40. The third-order valence-electron chi connectivity index (χ3n) is 6.63. The van der Waals surface area contributed by atoms with Gasteiger partial charge in [-0.15, -0.1) is 0 Å². The van der Waals surface area contributed by atoms with Gasteiger partial charge < -0.3 is 9.32 Å². The van der Waals surface area contributed by atoms with Crippen LogP contribution in [0.1, 0.15) is 69.7 Å². The zero-order chi connectivity index (χ0) is 24.1. The molecule has 0 spiro atoms. The number of rotatable bonds is 4. The normalized spacial score (nSPS) is 15.4. The van der Waals surface area contributed by atoms with Gasteiger partial charge in [-0.2, -0.15) is 0 Å². The third-order valence-corrected chi connectivity index (χ3v) is 7.00. The smallest absolute Gasteiger partial charge is 0.291 e. The molecule has 4 nitrogen and oxygen atoms in total. The molecule has 1 atom stereocenters. The molecule has 0 N–H and O–H groups in total. The first-order valence-corrected chi connectivity index (χ1v) is 11.9. The van der Waals surface area contributed by atoms with E-state index in [1.54, 1.807) is 11.0 Å². The molecular formula is C29H26ClNO3. The highest BCUT2D eigenvalue weighted by Gasteiger charge is 2.43. The Morgan fingerprint density at radius 1 is 1.00 bits per heavy atom. The number of hydrogen-bond acceptors (Lipinski definition) is 3. The van der Waals surface area contributed by atoms with Gasteiger partial charge in [0.05, 0.1) is 17.0 Å². The van der Waals surface area contributed by atoms with Gasteiger partial charge in [-0.3, -0.25) is 9.59 Å². The van der Waals surface area contributed by atoms with E-state index < -0.39 is 6.04 Å². The second kappa shape index (κ2) is 8.44. The number of amides is 1. The maximum atomic E-state index is 13.9. The molecular weight excluding hydrogens is 446 g/mol. The molecule has 0 saturated carbocycles. The summed E-state index contributed by atoms with van der Waals surface area (Å²) in [6.45, 7) is 8.40. The molecule has 0 radical (unpaired) electrons. The van der Waals surface area contributed by atoms with E-state index in [1.807, 2.05) is 56.3 Å². The van der Waals surface area contributed by atoms with Gasteiger partial charge in [0.1, 0.15) is 5.58 Å². The Labute approximate surface area is 203 Å². The highest BCUT2D eigenvalue weighted by molar-refractivity contribution is 6.31. The molecule has 1 unspecified atom stereocenters. The van der Waals surface area contributed by atoms with E-state index in [2.05, 4.69) is 26.0 Å². The fourth-order valence-electron chi connectivity index (χ4n) is 4.90. The lowest BCUT2D eigenvalue weighted by atomic mass is 9.94. The van der Waals surface area contributed by atoms with Crippen molar-refractivity contribution in [3.63, 3.8) is 0 Å². The number of nitrogens with zero attached hydrogens (tertiary/aromatic N) is 1. The lowest BCUT2D eigenvalue weighted by Gasteiger charge is -2.26. The van der Waals surface area contributed by atoms with E-state index in [0.29, 0.717) is 27.5 Å². The number of hydrogen-bond donors (Lipinski definition) is 0. The quantitative estimate of drug-likeness (QED) is 0.324. The zero-order valence-electron chi connectivity index (χ0n) is 19.7. The van der Waals surface area contributed by atoms with Crippen LogP contribution in [0.25, 0.3) is 11.0 Å². The van der Waals surface area contributed by atoms with Crippen molar-refractivity contribution in [2.24, 2.45) is 0 Å². The summed E-state index contributed by atoms with van der Waals surface area (Å²) >= 11 is 6.44. The Morgan fingerprint density at radius 2 is 1.71 bits per heavy atom. The van der Waals surface area contributed by atoms with Crippen molar-refractivity contribution in [3.05, 3.63) is 115 Å². The standard InChI is InChI=1S/C29H26ClNO3/c1-16(2)19-9-11-20(12-10-19)26-25-27(32)24-18(4)13-17(3)14-23(24)34-28(25)29(33)31(26)15-21-7-5-6-8-22(21)30/h5-14,16,26H,15H2,1-4H3. The molecule has 1 aliphatic rings. The Kier molecular flexibility index (Phi) is 5.57. The molecule has 5 rings (SSSR count). The Morgan fingerprint density at radius 3 is 2.38 bits per heavy atom. The van der Waals surface area contributed by atoms with E-state index in [9.17, 15) is 9.59 Å². The molecule has 1 aliphatic heterocycles. The van der Waals surface area contributed by atoms with Gasteiger partial charge in [-0.05, 0) is 59.7 Å². The molecule has 1 amide bonds. The molecule has 0 aliphatic carbocycles. The van der Waals surface area contributed by atoms with Crippen molar-refractivity contribution >= 4 is 28.5 Å². The first-order chi connectivity index (χ1) is 16.3. The predicted molar refractivity (Wildman–Crippen MR) is 136 cm³/mol. The number of carbonyl (C=O) groups excluding carboxylic acids is 1. The average Bonchev–Trinajstić information content (AvgIpc) is 3.07. The molecule has 34 heavy (non-hydrogen) atoms. The summed E-state index contributed by atoms with van der Waals surface area (Å²) in [5.74, 6) is 0.198. The monoisotopic (exact) mass is 471 g/mol. The fourth-order valence-corrected chi connectivity index (χ4v) is 5.09. The number of carbonyl (C=O) groups is 1. The molecule has 0 bridgehead atoms. The molecule has 0 fully saturated rings. The van der Waals surface area contributed by atoms with Crippen LogP contribution in [-0.2, 0) is 6.54 Å². The van der Waals surface area contributed by atoms with Gasteiger partial charge in [0.15, 0.2) is 5.43 Å². The topological polar surface area (TPSA) is 50.5 Å². The van der Waals surface area contributed by atoms with Crippen LogP contribution >= 0.6 is 11.6 Å². The third kappa shape index (κ3) is 3.63. The largest absolute Gasteiger partial charge is 0.450 e. The van der Waals surface area contributed by atoms with Crippen molar-refractivity contribution in [2.75, 3.05) is 0 Å². The average molecular weight is 472 g/mol. The molecule has 172 valence electrons. The van der Waals surface area contributed by atoms with E-state index >= 15 is 0 Å². The summed E-state index contributed by atoms with van der Waals surface area (Å²) in [7, 11) is 0. The highest BCUT2D eigenvalue weighted by atomic mass is 35.5. The molecule has 3 aromatic carbocycles. The van der Waals surface area contributed by atoms with Gasteiger partial charge in [0.25, 0.3) is 5.91 Å². The lowest BCUT2D eigenvalue weighted by molar-refractivity contribution is 0.0714. The van der Waals surface area contributed by atoms with Crippen molar-refractivity contribution < 1.29 is 9.21 Å². The van der Waals surface area contributed by atoms with Crippen LogP contribution in [0.15, 0.2) is 69.9 Å². The SMILES string of the molecule is Cc1cc(C)c2c(=O)c3c(oc2c1)C(=O)N(Cc1ccccc1Cl)C3c1ccc(C(C)C)cc1. The fraction of sp³-hybridized carbons (Fsp3) is 0.241. The molecule has 1 aromatic heterocycles. The van der Waals surface area contributed by atoms with E-state index in [1.165, 1.54) is 5.56 Å². The maximum Gasteiger partial charge on any atom is 0.291 e. The van der Waals surface area contributed by atoms with Gasteiger partial charge in [-0.1, -0.05) is 74.0 Å². The van der Waals surface area contributed by atoms with Crippen LogP contribution in [0.3, 0.4) is 0 Å². The molecule has 2 heterocycles. The number of fused-ring (bicyclic) bond motifs is 2. The predicted octanol–water partition coefficient (Wildman–Crippen LogP) is 6.93. The van der Waals surface area contributed by atoms with Gasteiger partial charge in [0, 0.05) is 11.6 Å². The second-order valence-electron chi connectivity index (χ2n) is 9.38. The van der Waals surface area contributed by atoms with Gasteiger partial charge in [0.2, 0.25) is 5.76 Å². The van der Waals surface area contributed by atoms with Crippen LogP contribution in [0.5, 0.6) is 0 Å². The summed E-state index contributed by atoms with van der Waals surface area (Å²) in [6, 6.07) is 18.8. The minimum absolute atomic E-state index is 0.118. The summed E-state index contributed by atoms with van der Waals surface area (Å²) in [5.41, 5.74) is 5.41. The zero-order valence-corrected chi connectivity index (χ0v) is 20.4. The van der Waals surface area contributed by atoms with Crippen LogP contribution in [0.4, 0.5) is 0 Å². The Bertz CT molecular complexity index is 1480. The minimum atomic E-state index is -0.554. The number of halogens is 1. The first-order valence-electron chi connectivity index (χ1n) is 11.5. The van der Waals surface area contributed by atoms with E-state index in [0.717, 1.165) is 22.3 Å². The molecule has 5 heteroatoms. The van der Waals surface area contributed by atoms with Crippen molar-refractivity contribution in [1.29, 1.82) is 0 Å². The van der Waals surface area contributed by atoms with Crippen molar-refractivity contribution in [3.8, 4) is 0 Å². The van der Waals surface area contributed by atoms with Crippen LogP contribution in [0, 0.1) is 13.8 Å². The Balaban J connectivity index is 1.74. The summed E-state index contributed by atoms with van der Waals surface area (Å²) in [4.78, 5) is 29.2. The minimum Gasteiger partial charge on any atom is -0.450 e. The first kappa shape index (κ1) is 22.4. The maximum absolute atomic E-state index is 13.9. The van der Waals surface area contributed by atoms with Crippen molar-refractivity contribution in [2.45, 2.75) is 46.2 Å². The molecule has 4 aromatic rings. The van der Waals surface area contributed by atoms with Crippen LogP contribution in [0.2, 0.25) is 5.02 Å². The Hall–Kier alpha value is -3.37. The second-order valence-corrected chi connectivity index (χ2v) is 9.78. The van der Waals surface area contributed by atoms with Crippen molar-refractivity contribution in [1.82, 2.24) is 4.90 Å². The number of benzene rings is 3.